The minimum absolute atomic E-state index is 0.0653. The number of benzene rings is 3. The monoisotopic (exact) mass is 526 g/mol. The summed E-state index contributed by atoms with van der Waals surface area (Å²) in [6.07, 6.45) is 2.31. The Hall–Kier alpha value is -3.94. The van der Waals surface area contributed by atoms with Crippen molar-refractivity contribution in [1.29, 1.82) is 0 Å². The van der Waals surface area contributed by atoms with Crippen molar-refractivity contribution in [3.05, 3.63) is 119 Å². The molecule has 4 aromatic rings. The molecular weight excluding hydrogens is 492 g/mol. The minimum Gasteiger partial charge on any atom is -0.618 e. The van der Waals surface area contributed by atoms with Crippen LogP contribution in [-0.2, 0) is 29.1 Å². The highest BCUT2D eigenvalue weighted by atomic mass is 16.5. The van der Waals surface area contributed by atoms with Crippen molar-refractivity contribution in [2.75, 3.05) is 19.7 Å². The van der Waals surface area contributed by atoms with Gasteiger partial charge in [-0.3, -0.25) is 0 Å². The molecule has 1 aliphatic rings. The first kappa shape index (κ1) is 26.7. The number of carboxylic acid groups (broad SMARTS) is 1. The average Bonchev–Trinajstić information content (AvgIpc) is 2.97. The molecule has 202 valence electrons. The number of aromatic nitrogens is 1. The molecule has 1 N–H and O–H groups in total. The molecule has 0 saturated carbocycles. The molecule has 1 amide bonds. The lowest BCUT2D eigenvalue weighted by molar-refractivity contribution is -0.614. The quantitative estimate of drug-likeness (QED) is 0.163. The first-order valence-electron chi connectivity index (χ1n) is 13.5. The molecule has 1 aromatic heterocycles. The molecule has 0 spiro atoms. The molecule has 0 radical (unpaired) electrons. The van der Waals surface area contributed by atoms with Gasteiger partial charge in [0, 0.05) is 37.1 Å². The van der Waals surface area contributed by atoms with Crippen LogP contribution < -0.4 is 4.73 Å². The van der Waals surface area contributed by atoms with Crippen LogP contribution in [0.4, 0.5) is 4.79 Å². The second kappa shape index (κ2) is 12.7. The van der Waals surface area contributed by atoms with Crippen LogP contribution in [-0.4, -0.2) is 41.9 Å². The predicted octanol–water partition coefficient (Wildman–Crippen LogP) is 5.68. The molecule has 39 heavy (non-hydrogen) atoms. The molecule has 0 bridgehead atoms. The van der Waals surface area contributed by atoms with E-state index in [1.54, 1.807) is 6.20 Å². The summed E-state index contributed by atoms with van der Waals surface area (Å²) >= 11 is 0. The Labute approximate surface area is 228 Å². The number of likely N-dealkylation sites (tertiary alicyclic amines) is 1. The van der Waals surface area contributed by atoms with Gasteiger partial charge >= 0.3 is 6.09 Å². The van der Waals surface area contributed by atoms with Crippen molar-refractivity contribution in [1.82, 2.24) is 4.90 Å². The second-order valence-electron chi connectivity index (χ2n) is 10.1. The number of ether oxygens (including phenoxy) is 2. The fourth-order valence-corrected chi connectivity index (χ4v) is 5.23. The molecule has 2 atom stereocenters. The maximum Gasteiger partial charge on any atom is 0.407 e. The maximum atomic E-state index is 12.9. The highest BCUT2D eigenvalue weighted by Gasteiger charge is 2.34. The van der Waals surface area contributed by atoms with E-state index < -0.39 is 6.09 Å². The van der Waals surface area contributed by atoms with E-state index in [1.807, 2.05) is 60.7 Å². The number of rotatable bonds is 10. The number of carbonyl (C=O) groups is 1. The standard InChI is InChI=1S/C32H34N2O5/c35-32(36)33-17-16-30(31(21-33)39-23-25-12-13-26-9-4-5-10-27(26)19-25)28-14-15-29(34(37)20-28)11-6-18-38-22-24-7-2-1-3-8-24/h1-5,7-10,12-15,19-20,30-31H,6,11,16-18,21-23H2,(H,35,36). The van der Waals surface area contributed by atoms with Gasteiger partial charge in [-0.1, -0.05) is 66.7 Å². The number of nitrogens with zero attached hydrogens (tertiary/aromatic N) is 2. The van der Waals surface area contributed by atoms with Crippen LogP contribution in [0, 0.1) is 5.21 Å². The molecule has 7 heteroatoms. The summed E-state index contributed by atoms with van der Waals surface area (Å²) in [5, 5.41) is 24.8. The molecule has 1 aliphatic heterocycles. The zero-order valence-corrected chi connectivity index (χ0v) is 21.9. The third-order valence-corrected chi connectivity index (χ3v) is 7.39. The summed E-state index contributed by atoms with van der Waals surface area (Å²) < 4.78 is 13.0. The van der Waals surface area contributed by atoms with Gasteiger partial charge in [-0.25, -0.2) is 4.79 Å². The lowest BCUT2D eigenvalue weighted by Crippen LogP contribution is -2.46. The molecule has 5 rings (SSSR count). The fourth-order valence-electron chi connectivity index (χ4n) is 5.23. The number of hydrogen-bond acceptors (Lipinski definition) is 4. The first-order valence-corrected chi connectivity index (χ1v) is 13.5. The second-order valence-corrected chi connectivity index (χ2v) is 10.1. The summed E-state index contributed by atoms with van der Waals surface area (Å²) in [7, 11) is 0. The van der Waals surface area contributed by atoms with Crippen molar-refractivity contribution in [3.63, 3.8) is 0 Å². The van der Waals surface area contributed by atoms with Crippen LogP contribution >= 0.6 is 0 Å². The number of piperidine rings is 1. The van der Waals surface area contributed by atoms with E-state index in [2.05, 4.69) is 24.3 Å². The Bertz CT molecular complexity index is 1390. The summed E-state index contributed by atoms with van der Waals surface area (Å²) in [5.74, 6) is -0.0653. The van der Waals surface area contributed by atoms with Gasteiger partial charge < -0.3 is 24.7 Å². The maximum absolute atomic E-state index is 12.9. The van der Waals surface area contributed by atoms with E-state index in [0.29, 0.717) is 44.9 Å². The van der Waals surface area contributed by atoms with Crippen molar-refractivity contribution >= 4 is 16.9 Å². The van der Waals surface area contributed by atoms with Crippen molar-refractivity contribution < 1.29 is 24.1 Å². The van der Waals surface area contributed by atoms with Gasteiger partial charge in [0.15, 0.2) is 11.9 Å². The lowest BCUT2D eigenvalue weighted by atomic mass is 9.87. The van der Waals surface area contributed by atoms with E-state index in [4.69, 9.17) is 9.47 Å². The van der Waals surface area contributed by atoms with Crippen LogP contribution in [0.15, 0.2) is 91.1 Å². The minimum atomic E-state index is -0.948. The topological polar surface area (TPSA) is 85.9 Å². The Morgan fingerprint density at radius 2 is 1.74 bits per heavy atom. The van der Waals surface area contributed by atoms with Crippen LogP contribution in [0.2, 0.25) is 0 Å². The molecule has 1 saturated heterocycles. The number of pyridine rings is 1. The van der Waals surface area contributed by atoms with Gasteiger partial charge in [-0.15, -0.1) is 0 Å². The first-order chi connectivity index (χ1) is 19.1. The van der Waals surface area contributed by atoms with Gasteiger partial charge in [0.05, 0.1) is 25.9 Å². The predicted molar refractivity (Wildman–Crippen MR) is 149 cm³/mol. The van der Waals surface area contributed by atoms with E-state index in [9.17, 15) is 15.1 Å². The van der Waals surface area contributed by atoms with E-state index >= 15 is 0 Å². The SMILES string of the molecule is O=C(O)N1CCC(c2ccc(CCCOCc3ccccc3)[n+]([O-])c2)C(OCc2ccc3ccccc3c2)C1. The molecule has 7 nitrogen and oxygen atoms in total. The van der Waals surface area contributed by atoms with Gasteiger partial charge in [-0.05, 0) is 46.9 Å². The Kier molecular flexibility index (Phi) is 8.71. The Morgan fingerprint density at radius 3 is 2.54 bits per heavy atom. The number of aryl methyl sites for hydroxylation is 1. The number of amides is 1. The third kappa shape index (κ3) is 6.93. The zero-order chi connectivity index (χ0) is 27.0. The van der Waals surface area contributed by atoms with Crippen LogP contribution in [0.5, 0.6) is 0 Å². The van der Waals surface area contributed by atoms with E-state index in [-0.39, 0.29) is 18.6 Å². The van der Waals surface area contributed by atoms with Crippen LogP contribution in [0.3, 0.4) is 0 Å². The zero-order valence-electron chi connectivity index (χ0n) is 21.9. The molecule has 2 heterocycles. The van der Waals surface area contributed by atoms with E-state index in [0.717, 1.165) is 38.6 Å². The van der Waals surface area contributed by atoms with Gasteiger partial charge in [-0.2, -0.15) is 4.73 Å². The summed E-state index contributed by atoms with van der Waals surface area (Å²) in [6.45, 7) is 2.20. The molecule has 1 fully saturated rings. The fraction of sp³-hybridized carbons (Fsp3) is 0.312. The lowest BCUT2D eigenvalue weighted by Gasteiger charge is -2.37. The summed E-state index contributed by atoms with van der Waals surface area (Å²) in [6, 6.07) is 28.3. The molecular formula is C32H34N2O5. The Balaban J connectivity index is 1.21. The molecule has 3 aromatic carbocycles. The summed E-state index contributed by atoms with van der Waals surface area (Å²) in [4.78, 5) is 13.1. The smallest absolute Gasteiger partial charge is 0.407 e. The normalized spacial score (nSPS) is 17.4. The number of fused-ring (bicyclic) bond motifs is 1. The largest absolute Gasteiger partial charge is 0.618 e. The molecule has 0 aliphatic carbocycles. The third-order valence-electron chi connectivity index (χ3n) is 7.39. The summed E-state index contributed by atoms with van der Waals surface area (Å²) in [5.41, 5.74) is 3.73. The van der Waals surface area contributed by atoms with Gasteiger partial charge in [0.1, 0.15) is 0 Å². The number of hydrogen-bond donors (Lipinski definition) is 1. The highest BCUT2D eigenvalue weighted by Crippen LogP contribution is 2.31. The Morgan fingerprint density at radius 1 is 0.949 bits per heavy atom. The van der Waals surface area contributed by atoms with Crippen molar-refractivity contribution in [2.24, 2.45) is 0 Å². The van der Waals surface area contributed by atoms with E-state index in [1.165, 1.54) is 4.90 Å². The van der Waals surface area contributed by atoms with Gasteiger partial charge in [0.25, 0.3) is 0 Å². The highest BCUT2D eigenvalue weighted by molar-refractivity contribution is 5.82. The average molecular weight is 527 g/mol. The van der Waals surface area contributed by atoms with Gasteiger partial charge in [0.2, 0.25) is 0 Å². The molecule has 2 unspecified atom stereocenters. The van der Waals surface area contributed by atoms with Crippen molar-refractivity contribution in [3.8, 4) is 0 Å². The van der Waals surface area contributed by atoms with Crippen LogP contribution in [0.25, 0.3) is 10.8 Å². The van der Waals surface area contributed by atoms with Crippen LogP contribution in [0.1, 0.15) is 41.1 Å². The van der Waals surface area contributed by atoms with Crippen molar-refractivity contribution in [2.45, 2.75) is 44.5 Å².